The van der Waals surface area contributed by atoms with E-state index in [9.17, 15) is 14.4 Å². The Balaban J connectivity index is 2.53. The lowest BCUT2D eigenvalue weighted by Gasteiger charge is -2.16. The monoisotopic (exact) mass is 318 g/mol. The Morgan fingerprint density at radius 1 is 1.17 bits per heavy atom. The van der Waals surface area contributed by atoms with E-state index < -0.39 is 12.0 Å². The average Bonchev–Trinajstić information content (AvgIpc) is 2.57. The molecule has 0 spiro atoms. The molecule has 0 aromatic heterocycles. The first-order valence-electron chi connectivity index (χ1n) is 7.35. The van der Waals surface area contributed by atoms with E-state index in [1.807, 2.05) is 30.3 Å². The number of esters is 1. The molecule has 1 unspecified atom stereocenters. The highest BCUT2D eigenvalue weighted by Gasteiger charge is 2.22. The van der Waals surface area contributed by atoms with Gasteiger partial charge in [-0.25, -0.2) is 4.79 Å². The van der Waals surface area contributed by atoms with Crippen molar-refractivity contribution in [3.8, 4) is 0 Å². The number of methoxy groups -OCH3 is 1. The van der Waals surface area contributed by atoms with Crippen molar-refractivity contribution in [2.75, 3.05) is 13.7 Å². The van der Waals surface area contributed by atoms with Crippen LogP contribution in [0.5, 0.6) is 0 Å². The molecule has 0 bridgehead atoms. The molecule has 1 aromatic carbocycles. The quantitative estimate of drug-likeness (QED) is 0.525. The highest BCUT2D eigenvalue weighted by molar-refractivity contribution is 5.87. The van der Waals surface area contributed by atoms with Crippen molar-refractivity contribution < 1.29 is 19.1 Å². The van der Waals surface area contributed by atoms with Crippen molar-refractivity contribution in [2.45, 2.75) is 25.3 Å². The van der Waals surface area contributed by atoms with Crippen LogP contribution in [0.4, 0.5) is 0 Å². The van der Waals surface area contributed by atoms with Gasteiger partial charge in [0.05, 0.1) is 7.11 Å². The number of nitrogens with one attached hydrogen (secondary N) is 2. The molecule has 23 heavy (non-hydrogen) atoms. The Bertz CT molecular complexity index is 543. The van der Waals surface area contributed by atoms with Crippen LogP contribution in [0.15, 0.2) is 43.0 Å². The van der Waals surface area contributed by atoms with E-state index in [-0.39, 0.29) is 24.7 Å². The molecule has 0 aliphatic rings. The lowest BCUT2D eigenvalue weighted by atomic mass is 10.1. The molecule has 0 aliphatic carbocycles. The fourth-order valence-corrected chi connectivity index (χ4v) is 1.95. The van der Waals surface area contributed by atoms with Crippen LogP contribution >= 0.6 is 0 Å². The fourth-order valence-electron chi connectivity index (χ4n) is 1.95. The molecule has 0 fully saturated rings. The summed E-state index contributed by atoms with van der Waals surface area (Å²) in [7, 11) is 1.27. The topological polar surface area (TPSA) is 84.5 Å². The number of carbonyl (C=O) groups is 3. The van der Waals surface area contributed by atoms with E-state index in [0.29, 0.717) is 13.0 Å². The number of hydrogen-bond acceptors (Lipinski definition) is 4. The third kappa shape index (κ3) is 7.26. The molecule has 2 amide bonds. The summed E-state index contributed by atoms with van der Waals surface area (Å²) in [5.74, 6) is -1.12. The van der Waals surface area contributed by atoms with Gasteiger partial charge >= 0.3 is 5.97 Å². The van der Waals surface area contributed by atoms with Gasteiger partial charge < -0.3 is 15.4 Å². The van der Waals surface area contributed by atoms with Gasteiger partial charge in [0.25, 0.3) is 0 Å². The Hall–Kier alpha value is -2.63. The Morgan fingerprint density at radius 2 is 1.83 bits per heavy atom. The fraction of sp³-hybridized carbons (Fsp3) is 0.353. The number of benzene rings is 1. The first-order chi connectivity index (χ1) is 11.1. The van der Waals surface area contributed by atoms with E-state index in [1.165, 1.54) is 7.11 Å². The minimum atomic E-state index is -0.772. The standard InChI is InChI=1S/C17H22N2O4/c1-3-11-18-15(20)9-10-16(21)19-14(17(22)23-2)12-13-7-5-4-6-8-13/h3-8,14H,1,9-12H2,2H3,(H,18,20)(H,19,21). The molecule has 124 valence electrons. The molecule has 1 aromatic rings. The Kier molecular flexibility index (Phi) is 8.13. The lowest BCUT2D eigenvalue weighted by Crippen LogP contribution is -2.43. The molecule has 0 saturated carbocycles. The van der Waals surface area contributed by atoms with Crippen molar-refractivity contribution in [2.24, 2.45) is 0 Å². The number of rotatable bonds is 9. The number of carbonyl (C=O) groups excluding carboxylic acids is 3. The molecule has 2 N–H and O–H groups in total. The molecule has 1 rings (SSSR count). The number of ether oxygens (including phenoxy) is 1. The summed E-state index contributed by atoms with van der Waals surface area (Å²) < 4.78 is 4.72. The largest absolute Gasteiger partial charge is 0.467 e. The Morgan fingerprint density at radius 3 is 2.43 bits per heavy atom. The molecule has 0 saturated heterocycles. The molecule has 0 aliphatic heterocycles. The van der Waals surface area contributed by atoms with E-state index >= 15 is 0 Å². The molecular weight excluding hydrogens is 296 g/mol. The minimum Gasteiger partial charge on any atom is -0.467 e. The second-order valence-electron chi connectivity index (χ2n) is 4.93. The van der Waals surface area contributed by atoms with Gasteiger partial charge in [0.2, 0.25) is 11.8 Å². The smallest absolute Gasteiger partial charge is 0.328 e. The van der Waals surface area contributed by atoms with Crippen molar-refractivity contribution in [3.63, 3.8) is 0 Å². The Labute approximate surface area is 135 Å². The van der Waals surface area contributed by atoms with Crippen LogP contribution < -0.4 is 10.6 Å². The van der Waals surface area contributed by atoms with Gasteiger partial charge in [0, 0.05) is 25.8 Å². The number of hydrogen-bond donors (Lipinski definition) is 2. The van der Waals surface area contributed by atoms with Crippen LogP contribution in [-0.2, 0) is 25.5 Å². The SMILES string of the molecule is C=CCNC(=O)CCC(=O)NC(Cc1ccccc1)C(=O)OC. The lowest BCUT2D eigenvalue weighted by molar-refractivity contribution is -0.145. The molecule has 0 radical (unpaired) electrons. The highest BCUT2D eigenvalue weighted by atomic mass is 16.5. The van der Waals surface area contributed by atoms with Crippen LogP contribution in [0.2, 0.25) is 0 Å². The second-order valence-corrected chi connectivity index (χ2v) is 4.93. The summed E-state index contributed by atoms with van der Waals surface area (Å²) in [4.78, 5) is 35.2. The van der Waals surface area contributed by atoms with Gasteiger partial charge in [0.1, 0.15) is 6.04 Å². The van der Waals surface area contributed by atoms with Gasteiger partial charge in [-0.05, 0) is 5.56 Å². The molecule has 6 nitrogen and oxygen atoms in total. The summed E-state index contributed by atoms with van der Waals surface area (Å²) in [5, 5.41) is 5.20. The molecule has 1 atom stereocenters. The van der Waals surface area contributed by atoms with E-state index in [0.717, 1.165) is 5.56 Å². The summed E-state index contributed by atoms with van der Waals surface area (Å²) in [6.07, 6.45) is 1.96. The summed E-state index contributed by atoms with van der Waals surface area (Å²) in [6, 6.07) is 8.54. The maximum Gasteiger partial charge on any atom is 0.328 e. The third-order valence-corrected chi connectivity index (χ3v) is 3.13. The zero-order valence-corrected chi connectivity index (χ0v) is 13.2. The van der Waals surface area contributed by atoms with Crippen LogP contribution in [0, 0.1) is 0 Å². The normalized spacial score (nSPS) is 11.2. The predicted molar refractivity (Wildman–Crippen MR) is 86.5 cm³/mol. The van der Waals surface area contributed by atoms with Crippen molar-refractivity contribution in [1.82, 2.24) is 10.6 Å². The summed E-state index contributed by atoms with van der Waals surface area (Å²) in [5.41, 5.74) is 0.909. The van der Waals surface area contributed by atoms with Crippen molar-refractivity contribution in [3.05, 3.63) is 48.6 Å². The summed E-state index contributed by atoms with van der Waals surface area (Å²) >= 11 is 0. The van der Waals surface area contributed by atoms with Gasteiger partial charge in [0.15, 0.2) is 0 Å². The molecular formula is C17H22N2O4. The van der Waals surface area contributed by atoms with Gasteiger partial charge in [-0.15, -0.1) is 6.58 Å². The van der Waals surface area contributed by atoms with Crippen LogP contribution in [0.25, 0.3) is 0 Å². The van der Waals surface area contributed by atoms with E-state index in [4.69, 9.17) is 4.74 Å². The maximum absolute atomic E-state index is 11.9. The zero-order chi connectivity index (χ0) is 17.1. The first-order valence-corrected chi connectivity index (χ1v) is 7.35. The van der Waals surface area contributed by atoms with Crippen LogP contribution in [0.1, 0.15) is 18.4 Å². The number of amides is 2. The summed E-state index contributed by atoms with van der Waals surface area (Å²) in [6.45, 7) is 3.85. The highest BCUT2D eigenvalue weighted by Crippen LogP contribution is 2.05. The van der Waals surface area contributed by atoms with Gasteiger partial charge in [-0.1, -0.05) is 36.4 Å². The van der Waals surface area contributed by atoms with Gasteiger partial charge in [-0.3, -0.25) is 9.59 Å². The molecule has 0 heterocycles. The van der Waals surface area contributed by atoms with Gasteiger partial charge in [-0.2, -0.15) is 0 Å². The first kappa shape index (κ1) is 18.4. The third-order valence-electron chi connectivity index (χ3n) is 3.13. The predicted octanol–water partition coefficient (Wildman–Crippen LogP) is 0.969. The zero-order valence-electron chi connectivity index (χ0n) is 13.2. The minimum absolute atomic E-state index is 0.00522. The van der Waals surface area contributed by atoms with Crippen molar-refractivity contribution >= 4 is 17.8 Å². The van der Waals surface area contributed by atoms with Crippen LogP contribution in [-0.4, -0.2) is 37.5 Å². The maximum atomic E-state index is 11.9. The van der Waals surface area contributed by atoms with E-state index in [2.05, 4.69) is 17.2 Å². The van der Waals surface area contributed by atoms with E-state index in [1.54, 1.807) is 6.08 Å². The van der Waals surface area contributed by atoms with Crippen molar-refractivity contribution in [1.29, 1.82) is 0 Å². The molecule has 6 heteroatoms. The van der Waals surface area contributed by atoms with Crippen LogP contribution in [0.3, 0.4) is 0 Å². The second kappa shape index (κ2) is 10.2. The average molecular weight is 318 g/mol.